The molecule has 2 aromatic rings. The summed E-state index contributed by atoms with van der Waals surface area (Å²) < 4.78 is 54.1. The van der Waals surface area contributed by atoms with E-state index in [1.54, 1.807) is 0 Å². The zero-order valence-electron chi connectivity index (χ0n) is 17.6. The summed E-state index contributed by atoms with van der Waals surface area (Å²) in [6.07, 6.45) is -1.69. The fourth-order valence-electron chi connectivity index (χ4n) is 3.44. The molecule has 0 spiro atoms. The molecule has 176 valence electrons. The molecule has 1 aliphatic heterocycles. The topological polar surface area (TPSA) is 127 Å². The summed E-state index contributed by atoms with van der Waals surface area (Å²) in [6, 6.07) is 5.73. The van der Waals surface area contributed by atoms with Crippen LogP contribution < -0.4 is 19.5 Å². The van der Waals surface area contributed by atoms with Crippen LogP contribution in [0.25, 0.3) is 0 Å². The van der Waals surface area contributed by atoms with Crippen LogP contribution in [0.5, 0.6) is 17.5 Å². The van der Waals surface area contributed by atoms with E-state index in [4.69, 9.17) is 14.2 Å². The minimum absolute atomic E-state index is 0.0104. The number of hydrogen-bond acceptors (Lipinski definition) is 9. The highest BCUT2D eigenvalue weighted by atomic mass is 19.4. The van der Waals surface area contributed by atoms with Gasteiger partial charge in [0.1, 0.15) is 11.6 Å². The van der Waals surface area contributed by atoms with E-state index in [9.17, 15) is 28.3 Å². The van der Waals surface area contributed by atoms with Gasteiger partial charge in [-0.05, 0) is 31.0 Å². The van der Waals surface area contributed by atoms with Crippen molar-refractivity contribution < 1.29 is 37.3 Å². The first-order valence-corrected chi connectivity index (χ1v) is 9.88. The van der Waals surface area contributed by atoms with Crippen molar-refractivity contribution in [2.45, 2.75) is 30.7 Å². The van der Waals surface area contributed by atoms with Gasteiger partial charge in [-0.25, -0.2) is 9.97 Å². The van der Waals surface area contributed by atoms with Crippen molar-refractivity contribution in [2.75, 3.05) is 26.9 Å². The first kappa shape index (κ1) is 24.2. The van der Waals surface area contributed by atoms with Crippen LogP contribution in [0, 0.1) is 11.3 Å². The lowest BCUT2D eigenvalue weighted by atomic mass is 9.83. The summed E-state index contributed by atoms with van der Waals surface area (Å²) in [5.74, 6) is -1.30. The standard InChI is InChI=1S/C21H21F3N4O5/c1-31-16-13(9-25)5-8-27-19(16)33-20(6-4-14(10-29)28-11-20)17(30)15-3-2-7-26-18(15)32-12-21(22,23)24/h2-3,5,7-8,14,28-29H,4,6,10-12H2,1H3/t14-,20+/m0/s1. The largest absolute Gasteiger partial charge is 0.490 e. The molecule has 0 saturated carbocycles. The minimum atomic E-state index is -4.62. The lowest BCUT2D eigenvalue weighted by Gasteiger charge is -2.39. The minimum Gasteiger partial charge on any atom is -0.490 e. The van der Waals surface area contributed by atoms with Crippen LogP contribution in [0.3, 0.4) is 0 Å². The number of nitrogens with zero attached hydrogens (tertiary/aromatic N) is 3. The third kappa shape index (κ3) is 5.50. The Morgan fingerprint density at radius 1 is 1.33 bits per heavy atom. The lowest BCUT2D eigenvalue weighted by Crippen LogP contribution is -2.59. The van der Waals surface area contributed by atoms with Crippen LogP contribution in [0.2, 0.25) is 0 Å². The number of pyridine rings is 2. The first-order chi connectivity index (χ1) is 15.7. The molecule has 0 aromatic carbocycles. The maximum absolute atomic E-state index is 13.7. The number of aliphatic hydroxyl groups excluding tert-OH is 1. The van der Waals surface area contributed by atoms with Gasteiger partial charge in [-0.2, -0.15) is 18.4 Å². The molecule has 0 unspecified atom stereocenters. The van der Waals surface area contributed by atoms with Gasteiger partial charge >= 0.3 is 6.18 Å². The van der Waals surface area contributed by atoms with Gasteiger partial charge in [0.25, 0.3) is 5.88 Å². The number of nitrogens with one attached hydrogen (secondary N) is 1. The van der Waals surface area contributed by atoms with Gasteiger partial charge in [-0.3, -0.25) is 4.79 Å². The molecule has 0 amide bonds. The number of ether oxygens (including phenoxy) is 3. The number of piperidine rings is 1. The zero-order valence-corrected chi connectivity index (χ0v) is 17.6. The molecule has 1 aliphatic rings. The molecule has 0 bridgehead atoms. The molecule has 1 fully saturated rings. The average molecular weight is 466 g/mol. The highest BCUT2D eigenvalue weighted by molar-refractivity contribution is 6.04. The van der Waals surface area contributed by atoms with Crippen molar-refractivity contribution in [3.05, 3.63) is 41.7 Å². The van der Waals surface area contributed by atoms with Gasteiger partial charge in [0, 0.05) is 25.0 Å². The van der Waals surface area contributed by atoms with Gasteiger partial charge in [0.05, 0.1) is 19.3 Å². The fourth-order valence-corrected chi connectivity index (χ4v) is 3.44. The summed E-state index contributed by atoms with van der Waals surface area (Å²) in [5.41, 5.74) is -1.72. The first-order valence-electron chi connectivity index (χ1n) is 9.88. The number of halogens is 3. The molecule has 2 atom stereocenters. The second-order valence-electron chi connectivity index (χ2n) is 7.29. The summed E-state index contributed by atoms with van der Waals surface area (Å²) >= 11 is 0. The van der Waals surface area contributed by atoms with Crippen molar-refractivity contribution >= 4 is 5.78 Å². The van der Waals surface area contributed by atoms with Gasteiger partial charge in [-0.15, -0.1) is 0 Å². The summed E-state index contributed by atoms with van der Waals surface area (Å²) in [4.78, 5) is 21.5. The monoisotopic (exact) mass is 466 g/mol. The Kier molecular flexibility index (Phi) is 7.35. The number of carbonyl (C=O) groups excluding carboxylic acids is 1. The number of rotatable bonds is 8. The molecule has 2 aromatic heterocycles. The van der Waals surface area contributed by atoms with E-state index in [0.29, 0.717) is 6.42 Å². The van der Waals surface area contributed by atoms with Crippen LogP contribution in [0.1, 0.15) is 28.8 Å². The van der Waals surface area contributed by atoms with E-state index in [-0.39, 0.29) is 48.4 Å². The number of aromatic nitrogens is 2. The van der Waals surface area contributed by atoms with Crippen molar-refractivity contribution in [1.29, 1.82) is 5.26 Å². The molecule has 0 radical (unpaired) electrons. The molecule has 3 rings (SSSR count). The molecule has 2 N–H and O–H groups in total. The van der Waals surface area contributed by atoms with Crippen molar-refractivity contribution in [1.82, 2.24) is 15.3 Å². The summed E-state index contributed by atoms with van der Waals surface area (Å²) in [7, 11) is 1.31. The second-order valence-corrected chi connectivity index (χ2v) is 7.29. The smallest absolute Gasteiger partial charge is 0.422 e. The van der Waals surface area contributed by atoms with Crippen LogP contribution in [-0.2, 0) is 0 Å². The number of alkyl halides is 3. The molecule has 3 heterocycles. The van der Waals surface area contributed by atoms with Gasteiger partial charge in [0.2, 0.25) is 11.7 Å². The number of methoxy groups -OCH3 is 1. The molecule has 0 aliphatic carbocycles. The summed E-state index contributed by atoms with van der Waals surface area (Å²) in [5, 5.41) is 21.8. The second kappa shape index (κ2) is 10.0. The van der Waals surface area contributed by atoms with Crippen molar-refractivity contribution in [3.63, 3.8) is 0 Å². The molecule has 9 nitrogen and oxygen atoms in total. The average Bonchev–Trinajstić information content (AvgIpc) is 2.82. The van der Waals surface area contributed by atoms with Crippen molar-refractivity contribution in [3.8, 4) is 23.6 Å². The van der Waals surface area contributed by atoms with Gasteiger partial charge < -0.3 is 24.6 Å². The highest BCUT2D eigenvalue weighted by Crippen LogP contribution is 2.36. The van der Waals surface area contributed by atoms with E-state index >= 15 is 0 Å². The zero-order chi connectivity index (χ0) is 24.1. The maximum Gasteiger partial charge on any atom is 0.422 e. The lowest BCUT2D eigenvalue weighted by molar-refractivity contribution is -0.154. The molecule has 12 heteroatoms. The Bertz CT molecular complexity index is 1030. The third-order valence-corrected chi connectivity index (χ3v) is 5.08. The van der Waals surface area contributed by atoms with Gasteiger partial charge in [-0.1, -0.05) is 0 Å². The Balaban J connectivity index is 2.01. The van der Waals surface area contributed by atoms with E-state index in [1.807, 2.05) is 6.07 Å². The van der Waals surface area contributed by atoms with Crippen LogP contribution >= 0.6 is 0 Å². The summed E-state index contributed by atoms with van der Waals surface area (Å²) in [6.45, 7) is -1.89. The Morgan fingerprint density at radius 3 is 2.70 bits per heavy atom. The predicted molar refractivity (Wildman–Crippen MR) is 107 cm³/mol. The van der Waals surface area contributed by atoms with Crippen LogP contribution in [0.15, 0.2) is 30.6 Å². The number of carbonyl (C=O) groups is 1. The van der Waals surface area contributed by atoms with E-state index < -0.39 is 30.0 Å². The maximum atomic E-state index is 13.7. The SMILES string of the molecule is COc1c(C#N)ccnc1O[C@]1(C(=O)c2cccnc2OCC(F)(F)F)CC[C@@H](CO)NC1. The molecular weight excluding hydrogens is 445 g/mol. The number of nitriles is 1. The molecule has 33 heavy (non-hydrogen) atoms. The van der Waals surface area contributed by atoms with E-state index in [2.05, 4.69) is 15.3 Å². The predicted octanol–water partition coefficient (Wildman–Crippen LogP) is 2.04. The fraction of sp³-hybridized carbons (Fsp3) is 0.429. The number of aliphatic hydroxyl groups is 1. The Labute approximate surface area is 187 Å². The van der Waals surface area contributed by atoms with E-state index in [1.165, 1.54) is 37.7 Å². The molecular formula is C21H21F3N4O5. The Hall–Kier alpha value is -3.43. The van der Waals surface area contributed by atoms with Crippen LogP contribution in [-0.4, -0.2) is 65.5 Å². The number of Topliss-reactive ketones (excluding diaryl/α,β-unsaturated/α-hetero) is 1. The normalized spacial score (nSPS) is 20.5. The Morgan fingerprint density at radius 2 is 2.09 bits per heavy atom. The number of ketones is 1. The number of hydrogen-bond donors (Lipinski definition) is 2. The molecule has 1 saturated heterocycles. The van der Waals surface area contributed by atoms with Crippen LogP contribution in [0.4, 0.5) is 13.2 Å². The highest BCUT2D eigenvalue weighted by Gasteiger charge is 2.47. The van der Waals surface area contributed by atoms with E-state index in [0.717, 1.165) is 0 Å². The van der Waals surface area contributed by atoms with Gasteiger partial charge in [0.15, 0.2) is 18.0 Å². The third-order valence-electron chi connectivity index (χ3n) is 5.08. The quantitative estimate of drug-likeness (QED) is 0.562. The van der Waals surface area contributed by atoms with Crippen molar-refractivity contribution in [2.24, 2.45) is 0 Å².